The van der Waals surface area contributed by atoms with E-state index in [2.05, 4.69) is 72.0 Å². The molecule has 1 aromatic rings. The molecule has 2 N–H and O–H groups in total. The van der Waals surface area contributed by atoms with E-state index in [0.717, 1.165) is 25.3 Å². The van der Waals surface area contributed by atoms with Crippen LogP contribution in [0, 0.1) is 5.92 Å². The molecule has 0 saturated heterocycles. The van der Waals surface area contributed by atoms with Crippen molar-refractivity contribution in [2.75, 3.05) is 13.6 Å². The fourth-order valence-corrected chi connectivity index (χ4v) is 2.77. The summed E-state index contributed by atoms with van der Waals surface area (Å²) in [5.74, 6) is 1.99. The minimum absolute atomic E-state index is 0. The largest absolute Gasteiger partial charge is 0.356 e. The highest BCUT2D eigenvalue weighted by Crippen LogP contribution is 2.23. The van der Waals surface area contributed by atoms with Gasteiger partial charge in [-0.3, -0.25) is 4.99 Å². The fourth-order valence-electron chi connectivity index (χ4n) is 2.77. The van der Waals surface area contributed by atoms with E-state index in [1.165, 1.54) is 5.56 Å². The van der Waals surface area contributed by atoms with Gasteiger partial charge in [0.25, 0.3) is 0 Å². The maximum atomic E-state index is 4.34. The number of halogens is 1. The van der Waals surface area contributed by atoms with Crippen molar-refractivity contribution in [3.8, 4) is 0 Å². The Kier molecular flexibility index (Phi) is 8.53. The molecule has 1 aliphatic carbocycles. The molecule has 122 valence electrons. The molecular weight excluding hydrogens is 385 g/mol. The average molecular weight is 413 g/mol. The summed E-state index contributed by atoms with van der Waals surface area (Å²) in [6.45, 7) is 5.45. The monoisotopic (exact) mass is 413 g/mol. The van der Waals surface area contributed by atoms with E-state index in [0.29, 0.717) is 17.9 Å². The first-order chi connectivity index (χ1) is 10.2. The highest BCUT2D eigenvalue weighted by atomic mass is 127. The van der Waals surface area contributed by atoms with Gasteiger partial charge in [-0.2, -0.15) is 0 Å². The molecule has 22 heavy (non-hydrogen) atoms. The summed E-state index contributed by atoms with van der Waals surface area (Å²) in [7, 11) is 1.84. The lowest BCUT2D eigenvalue weighted by atomic mass is 9.88. The van der Waals surface area contributed by atoms with Crippen molar-refractivity contribution in [3.05, 3.63) is 48.0 Å². The highest BCUT2D eigenvalue weighted by Gasteiger charge is 2.17. The van der Waals surface area contributed by atoms with Crippen LogP contribution in [0.2, 0.25) is 0 Å². The molecule has 1 atom stereocenters. The summed E-state index contributed by atoms with van der Waals surface area (Å²) in [5, 5.41) is 6.98. The van der Waals surface area contributed by atoms with Gasteiger partial charge >= 0.3 is 0 Å². The topological polar surface area (TPSA) is 36.4 Å². The quantitative estimate of drug-likeness (QED) is 0.332. The van der Waals surface area contributed by atoms with Gasteiger partial charge in [0.15, 0.2) is 5.96 Å². The van der Waals surface area contributed by atoms with Crippen LogP contribution in [0.1, 0.15) is 38.2 Å². The summed E-state index contributed by atoms with van der Waals surface area (Å²) >= 11 is 0. The minimum atomic E-state index is 0. The van der Waals surface area contributed by atoms with E-state index in [1.807, 2.05) is 7.05 Å². The molecule has 2 rings (SSSR count). The Balaban J connectivity index is 0.00000242. The lowest BCUT2D eigenvalue weighted by Crippen LogP contribution is -2.44. The molecule has 0 amide bonds. The second kappa shape index (κ2) is 9.87. The van der Waals surface area contributed by atoms with Gasteiger partial charge in [0.1, 0.15) is 0 Å². The molecule has 0 heterocycles. The van der Waals surface area contributed by atoms with Crippen LogP contribution < -0.4 is 10.6 Å². The summed E-state index contributed by atoms with van der Waals surface area (Å²) in [6.07, 6.45) is 6.64. The number of rotatable bonds is 5. The van der Waals surface area contributed by atoms with Gasteiger partial charge in [0.2, 0.25) is 0 Å². The van der Waals surface area contributed by atoms with Crippen molar-refractivity contribution in [2.24, 2.45) is 10.9 Å². The summed E-state index contributed by atoms with van der Waals surface area (Å²) in [6, 6.07) is 11.2. The number of guanidine groups is 1. The standard InChI is InChI=1S/C18H27N3.HI/c1-14(2)17(15-9-5-4-6-10-15)13-20-18(19-3)21-16-11-7-8-12-16;/h4-10,14,16-17H,11-13H2,1-3H3,(H2,19,20,21);1H. The Bertz CT molecular complexity index is 474. The number of aliphatic imine (C=N–C) groups is 1. The molecule has 0 spiro atoms. The molecule has 0 aliphatic heterocycles. The minimum Gasteiger partial charge on any atom is -0.356 e. The van der Waals surface area contributed by atoms with Crippen LogP contribution in [0.25, 0.3) is 0 Å². The first-order valence-corrected chi connectivity index (χ1v) is 7.88. The van der Waals surface area contributed by atoms with E-state index in [-0.39, 0.29) is 24.0 Å². The van der Waals surface area contributed by atoms with Crippen LogP contribution in [0.4, 0.5) is 0 Å². The van der Waals surface area contributed by atoms with Crippen LogP contribution in [0.3, 0.4) is 0 Å². The average Bonchev–Trinajstić information content (AvgIpc) is 3.00. The predicted octanol–water partition coefficient (Wildman–Crippen LogP) is 3.93. The summed E-state index contributed by atoms with van der Waals surface area (Å²) in [5.41, 5.74) is 1.39. The lowest BCUT2D eigenvalue weighted by molar-refractivity contribution is 0.485. The van der Waals surface area contributed by atoms with Crippen molar-refractivity contribution in [1.82, 2.24) is 10.6 Å². The molecule has 3 nitrogen and oxygen atoms in total. The third-order valence-corrected chi connectivity index (χ3v) is 4.09. The Morgan fingerprint density at radius 2 is 1.82 bits per heavy atom. The SMILES string of the molecule is CN=C(NCC(c1ccccc1)C(C)C)NC1CC=CC1.I. The molecule has 0 radical (unpaired) electrons. The van der Waals surface area contributed by atoms with Crippen LogP contribution in [-0.4, -0.2) is 25.6 Å². The molecule has 0 fully saturated rings. The maximum Gasteiger partial charge on any atom is 0.191 e. The third-order valence-electron chi connectivity index (χ3n) is 4.09. The lowest BCUT2D eigenvalue weighted by Gasteiger charge is -2.24. The van der Waals surface area contributed by atoms with Gasteiger partial charge in [0.05, 0.1) is 0 Å². The van der Waals surface area contributed by atoms with Gasteiger partial charge in [-0.1, -0.05) is 56.3 Å². The second-order valence-corrected chi connectivity index (χ2v) is 6.00. The van der Waals surface area contributed by atoms with Gasteiger partial charge in [-0.05, 0) is 24.3 Å². The molecule has 1 aliphatic rings. The second-order valence-electron chi connectivity index (χ2n) is 6.00. The van der Waals surface area contributed by atoms with Crippen molar-refractivity contribution in [1.29, 1.82) is 0 Å². The van der Waals surface area contributed by atoms with Gasteiger partial charge < -0.3 is 10.6 Å². The first kappa shape index (κ1) is 19.0. The zero-order valence-corrected chi connectivity index (χ0v) is 16.1. The molecule has 4 heteroatoms. The Labute approximate surface area is 151 Å². The summed E-state index contributed by atoms with van der Waals surface area (Å²) in [4.78, 5) is 4.34. The Morgan fingerprint density at radius 3 is 2.36 bits per heavy atom. The van der Waals surface area contributed by atoms with Crippen molar-refractivity contribution < 1.29 is 0 Å². The zero-order valence-electron chi connectivity index (χ0n) is 13.8. The first-order valence-electron chi connectivity index (χ1n) is 7.88. The van der Waals surface area contributed by atoms with Gasteiger partial charge in [-0.25, -0.2) is 0 Å². The van der Waals surface area contributed by atoms with Crippen molar-refractivity contribution in [3.63, 3.8) is 0 Å². The number of benzene rings is 1. The maximum absolute atomic E-state index is 4.34. The fraction of sp³-hybridized carbons (Fsp3) is 0.500. The predicted molar refractivity (Wildman–Crippen MR) is 106 cm³/mol. The van der Waals surface area contributed by atoms with E-state index < -0.39 is 0 Å². The van der Waals surface area contributed by atoms with Crippen LogP contribution >= 0.6 is 24.0 Å². The van der Waals surface area contributed by atoms with E-state index >= 15 is 0 Å². The number of nitrogens with zero attached hydrogens (tertiary/aromatic N) is 1. The molecule has 1 aromatic carbocycles. The number of hydrogen-bond acceptors (Lipinski definition) is 1. The normalized spacial score (nSPS) is 16.5. The van der Waals surface area contributed by atoms with Crippen LogP contribution in [0.5, 0.6) is 0 Å². The van der Waals surface area contributed by atoms with E-state index in [1.54, 1.807) is 0 Å². The van der Waals surface area contributed by atoms with E-state index in [9.17, 15) is 0 Å². The zero-order chi connectivity index (χ0) is 15.1. The smallest absolute Gasteiger partial charge is 0.191 e. The summed E-state index contributed by atoms with van der Waals surface area (Å²) < 4.78 is 0. The van der Waals surface area contributed by atoms with Gasteiger partial charge in [0, 0.05) is 25.6 Å². The molecule has 0 bridgehead atoms. The highest BCUT2D eigenvalue weighted by molar-refractivity contribution is 14.0. The molecular formula is C18H28IN3. The van der Waals surface area contributed by atoms with Gasteiger partial charge in [-0.15, -0.1) is 24.0 Å². The number of hydrogen-bond donors (Lipinski definition) is 2. The van der Waals surface area contributed by atoms with Crippen molar-refractivity contribution >= 4 is 29.9 Å². The number of nitrogens with one attached hydrogen (secondary N) is 2. The molecule has 0 aromatic heterocycles. The van der Waals surface area contributed by atoms with E-state index in [4.69, 9.17) is 0 Å². The van der Waals surface area contributed by atoms with Crippen molar-refractivity contribution in [2.45, 2.75) is 38.6 Å². The Hall–Kier alpha value is -1.04. The molecule has 0 saturated carbocycles. The Morgan fingerprint density at radius 1 is 1.18 bits per heavy atom. The van der Waals surface area contributed by atoms with Crippen LogP contribution in [0.15, 0.2) is 47.5 Å². The van der Waals surface area contributed by atoms with Crippen LogP contribution in [-0.2, 0) is 0 Å². The molecule has 1 unspecified atom stereocenters. The third kappa shape index (κ3) is 5.63.